The first-order valence-electron chi connectivity index (χ1n) is 10.1. The largest absolute Gasteiger partial charge is 0.326 e. The van der Waals surface area contributed by atoms with Crippen LogP contribution in [0, 0.1) is 0 Å². The summed E-state index contributed by atoms with van der Waals surface area (Å²) in [5, 5.41) is 14.2. The van der Waals surface area contributed by atoms with E-state index in [0.29, 0.717) is 28.0 Å². The minimum atomic E-state index is -0.811. The number of hydrogen-bond donors (Lipinski definition) is 2. The predicted molar refractivity (Wildman–Crippen MR) is 126 cm³/mol. The molecule has 0 fully saturated rings. The number of nitrogens with one attached hydrogen (secondary N) is 2. The molecule has 2 amide bonds. The zero-order valence-corrected chi connectivity index (χ0v) is 18.3. The van der Waals surface area contributed by atoms with E-state index in [0.717, 1.165) is 15.1 Å². The molecule has 2 aromatic carbocycles. The SMILES string of the molecule is CCC(C(=O)Nc1ccc(NC(C)=O)cc1)n1nnc2sc(-c3ccccc3)cc2c1=O. The standard InChI is InChI=1S/C23H21N5O3S/c1-3-19(21(30)25-17-11-9-16(10-12-17)24-14(2)29)28-23(31)18-13-20(32-22(18)26-27-28)15-7-5-4-6-8-15/h4-13,19H,3H2,1-2H3,(H,24,29)(H,25,30). The highest BCUT2D eigenvalue weighted by Crippen LogP contribution is 2.30. The summed E-state index contributed by atoms with van der Waals surface area (Å²) in [7, 11) is 0. The maximum Gasteiger partial charge on any atom is 0.279 e. The van der Waals surface area contributed by atoms with Gasteiger partial charge in [0.05, 0.1) is 5.39 Å². The van der Waals surface area contributed by atoms with Crippen molar-refractivity contribution in [2.24, 2.45) is 0 Å². The number of hydrogen-bond acceptors (Lipinski definition) is 6. The molecule has 4 rings (SSSR count). The minimum absolute atomic E-state index is 0.176. The number of carbonyl (C=O) groups is 2. The molecule has 9 heteroatoms. The molecule has 0 bridgehead atoms. The Morgan fingerprint density at radius 3 is 2.31 bits per heavy atom. The number of fused-ring (bicyclic) bond motifs is 1. The van der Waals surface area contributed by atoms with Crippen LogP contribution in [0.1, 0.15) is 26.3 Å². The van der Waals surface area contributed by atoms with E-state index < -0.39 is 6.04 Å². The maximum absolute atomic E-state index is 13.1. The van der Waals surface area contributed by atoms with Crippen molar-refractivity contribution in [2.75, 3.05) is 10.6 Å². The van der Waals surface area contributed by atoms with E-state index >= 15 is 0 Å². The lowest BCUT2D eigenvalue weighted by Crippen LogP contribution is -2.35. The molecule has 4 aromatic rings. The molecule has 1 unspecified atom stereocenters. The third-order valence-corrected chi connectivity index (χ3v) is 5.97. The van der Waals surface area contributed by atoms with Crippen LogP contribution in [-0.2, 0) is 9.59 Å². The van der Waals surface area contributed by atoms with Gasteiger partial charge in [-0.15, -0.1) is 16.4 Å². The Morgan fingerprint density at radius 1 is 1.03 bits per heavy atom. The fourth-order valence-electron chi connectivity index (χ4n) is 3.35. The summed E-state index contributed by atoms with van der Waals surface area (Å²) < 4.78 is 1.14. The molecule has 0 spiro atoms. The van der Waals surface area contributed by atoms with E-state index in [9.17, 15) is 14.4 Å². The van der Waals surface area contributed by atoms with Gasteiger partial charge in [0.25, 0.3) is 5.56 Å². The second-order valence-electron chi connectivity index (χ2n) is 7.21. The number of aromatic nitrogens is 3. The van der Waals surface area contributed by atoms with Crippen molar-refractivity contribution >= 4 is 44.7 Å². The summed E-state index contributed by atoms with van der Waals surface area (Å²) in [6.07, 6.45) is 0.367. The van der Waals surface area contributed by atoms with Crippen molar-refractivity contribution in [3.63, 3.8) is 0 Å². The Morgan fingerprint density at radius 2 is 1.69 bits per heavy atom. The minimum Gasteiger partial charge on any atom is -0.326 e. The number of carbonyl (C=O) groups excluding carboxylic acids is 2. The summed E-state index contributed by atoms with van der Waals surface area (Å²) in [5.41, 5.74) is 1.82. The highest BCUT2D eigenvalue weighted by Gasteiger charge is 2.23. The van der Waals surface area contributed by atoms with Crippen molar-refractivity contribution in [3.8, 4) is 10.4 Å². The van der Waals surface area contributed by atoms with Gasteiger partial charge in [-0.2, -0.15) is 4.68 Å². The molecule has 1 atom stereocenters. The fraction of sp³-hybridized carbons (Fsp3) is 0.174. The molecule has 0 aliphatic carbocycles. The van der Waals surface area contributed by atoms with Gasteiger partial charge in [-0.1, -0.05) is 42.5 Å². The van der Waals surface area contributed by atoms with Crippen LogP contribution in [0.3, 0.4) is 0 Å². The van der Waals surface area contributed by atoms with E-state index in [1.807, 2.05) is 37.3 Å². The van der Waals surface area contributed by atoms with Crippen molar-refractivity contribution in [3.05, 3.63) is 71.0 Å². The molecule has 2 N–H and O–H groups in total. The van der Waals surface area contributed by atoms with Crippen LogP contribution in [0.5, 0.6) is 0 Å². The topological polar surface area (TPSA) is 106 Å². The smallest absolute Gasteiger partial charge is 0.279 e. The van der Waals surface area contributed by atoms with Gasteiger partial charge in [0.2, 0.25) is 11.8 Å². The van der Waals surface area contributed by atoms with E-state index in [4.69, 9.17) is 0 Å². The molecule has 32 heavy (non-hydrogen) atoms. The molecule has 0 aliphatic rings. The van der Waals surface area contributed by atoms with Gasteiger partial charge < -0.3 is 10.6 Å². The lowest BCUT2D eigenvalue weighted by Gasteiger charge is -2.16. The van der Waals surface area contributed by atoms with Gasteiger partial charge in [0.15, 0.2) is 4.83 Å². The average molecular weight is 448 g/mol. The quantitative estimate of drug-likeness (QED) is 0.463. The Labute approximate surface area is 187 Å². The van der Waals surface area contributed by atoms with Crippen LogP contribution in [0.25, 0.3) is 20.7 Å². The Hall–Kier alpha value is -3.85. The summed E-state index contributed by atoms with van der Waals surface area (Å²) >= 11 is 1.39. The second kappa shape index (κ2) is 9.11. The number of benzene rings is 2. The van der Waals surface area contributed by atoms with Crippen LogP contribution < -0.4 is 16.2 Å². The highest BCUT2D eigenvalue weighted by molar-refractivity contribution is 7.21. The van der Waals surface area contributed by atoms with Gasteiger partial charge in [-0.3, -0.25) is 14.4 Å². The van der Waals surface area contributed by atoms with Crippen LogP contribution in [-0.4, -0.2) is 26.8 Å². The lowest BCUT2D eigenvalue weighted by molar-refractivity contribution is -0.119. The predicted octanol–water partition coefficient (Wildman–Crippen LogP) is 4.07. The number of rotatable bonds is 6. The maximum atomic E-state index is 13.1. The average Bonchev–Trinajstić information content (AvgIpc) is 3.23. The summed E-state index contributed by atoms with van der Waals surface area (Å²) in [6.45, 7) is 3.23. The molecule has 0 saturated carbocycles. The van der Waals surface area contributed by atoms with Crippen molar-refractivity contribution < 1.29 is 9.59 Å². The van der Waals surface area contributed by atoms with Crippen molar-refractivity contribution in [1.82, 2.24) is 15.0 Å². The molecule has 2 aromatic heterocycles. The first kappa shape index (κ1) is 21.4. The molecule has 0 saturated heterocycles. The van der Waals surface area contributed by atoms with Crippen LogP contribution in [0.4, 0.5) is 11.4 Å². The third-order valence-electron chi connectivity index (χ3n) is 4.90. The first-order chi connectivity index (χ1) is 15.5. The van der Waals surface area contributed by atoms with E-state index in [1.165, 1.54) is 18.3 Å². The molecule has 0 radical (unpaired) electrons. The molecule has 8 nitrogen and oxygen atoms in total. The zero-order valence-electron chi connectivity index (χ0n) is 17.5. The third kappa shape index (κ3) is 4.42. The van der Waals surface area contributed by atoms with Crippen molar-refractivity contribution in [2.45, 2.75) is 26.3 Å². The Balaban J connectivity index is 1.60. The zero-order chi connectivity index (χ0) is 22.7. The summed E-state index contributed by atoms with van der Waals surface area (Å²) in [5.74, 6) is -0.543. The highest BCUT2D eigenvalue weighted by atomic mass is 32.1. The van der Waals surface area contributed by atoms with Gasteiger partial charge in [-0.05, 0) is 42.3 Å². The van der Waals surface area contributed by atoms with Crippen LogP contribution in [0.2, 0.25) is 0 Å². The normalized spacial score (nSPS) is 11.8. The van der Waals surface area contributed by atoms with Gasteiger partial charge in [0, 0.05) is 23.2 Å². The van der Waals surface area contributed by atoms with Crippen LogP contribution in [0.15, 0.2) is 65.5 Å². The lowest BCUT2D eigenvalue weighted by atomic mass is 10.2. The molecular weight excluding hydrogens is 426 g/mol. The fourth-order valence-corrected chi connectivity index (χ4v) is 4.32. The Bertz CT molecular complexity index is 1330. The molecule has 2 heterocycles. The second-order valence-corrected chi connectivity index (χ2v) is 8.24. The number of nitrogens with zero attached hydrogens (tertiary/aromatic N) is 3. The summed E-state index contributed by atoms with van der Waals surface area (Å²) in [4.78, 5) is 38.6. The number of thiophene rings is 1. The van der Waals surface area contributed by atoms with Crippen LogP contribution >= 0.6 is 11.3 Å². The summed E-state index contributed by atoms with van der Waals surface area (Å²) in [6, 6.07) is 17.5. The van der Waals surface area contributed by atoms with Crippen molar-refractivity contribution in [1.29, 1.82) is 0 Å². The molecular formula is C23H21N5O3S. The monoisotopic (exact) mass is 447 g/mol. The molecule has 0 aliphatic heterocycles. The Kier molecular flexibility index (Phi) is 6.09. The van der Waals surface area contributed by atoms with E-state index in [2.05, 4.69) is 20.9 Å². The van der Waals surface area contributed by atoms with Gasteiger partial charge >= 0.3 is 0 Å². The molecule has 162 valence electrons. The van der Waals surface area contributed by atoms with Gasteiger partial charge in [-0.25, -0.2) is 0 Å². The number of anilines is 2. The number of amides is 2. The van der Waals surface area contributed by atoms with E-state index in [-0.39, 0.29) is 17.4 Å². The first-order valence-corrected chi connectivity index (χ1v) is 10.9. The van der Waals surface area contributed by atoms with Gasteiger partial charge in [0.1, 0.15) is 6.04 Å². The van der Waals surface area contributed by atoms with E-state index in [1.54, 1.807) is 30.3 Å².